The zero-order valence-electron chi connectivity index (χ0n) is 39.9. The number of nitrogens with zero attached hydrogens (tertiary/aromatic N) is 5. The molecule has 0 saturated carbocycles. The van der Waals surface area contributed by atoms with Gasteiger partial charge in [0.2, 0.25) is 0 Å². The molecule has 0 bridgehead atoms. The fraction of sp³-hybridized carbons (Fsp3) is 0.0625. The number of aromatic nitrogens is 3. The molecule has 6 nitrogen and oxygen atoms in total. The number of halogens is 2. The first kappa shape index (κ1) is 45.8. The Morgan fingerprint density at radius 3 is 1.77 bits per heavy atom. The quantitative estimate of drug-likeness (QED) is 0.142. The number of para-hydroxylation sites is 6. The van der Waals surface area contributed by atoms with Crippen LogP contribution in [-0.2, 0) is 26.5 Å². The minimum atomic E-state index is -0.651. The van der Waals surface area contributed by atoms with Crippen LogP contribution in [0, 0.1) is 30.4 Å². The third kappa shape index (κ3) is 7.94. The zero-order chi connectivity index (χ0) is 48.7. The molecular weight excluding hydrogens is 1090 g/mol. The molecule has 0 saturated heterocycles. The van der Waals surface area contributed by atoms with Gasteiger partial charge in [0.15, 0.2) is 0 Å². The molecular formula is C64H44F2N5OPt-3. The molecule has 9 aromatic carbocycles. The molecule has 13 rings (SSSR count). The van der Waals surface area contributed by atoms with Crippen LogP contribution in [-0.4, -0.2) is 14.1 Å². The average Bonchev–Trinajstić information content (AvgIpc) is 4.06. The maximum Gasteiger partial charge on any atom is 0.135 e. The van der Waals surface area contributed by atoms with E-state index in [4.69, 9.17) is 9.72 Å². The van der Waals surface area contributed by atoms with E-state index in [9.17, 15) is 0 Å². The Bertz CT molecular complexity index is 4030. The van der Waals surface area contributed by atoms with Crippen LogP contribution >= 0.6 is 0 Å². The molecule has 0 radical (unpaired) electrons. The second-order valence-corrected chi connectivity index (χ2v) is 19.2. The molecule has 0 spiro atoms. The standard InChI is InChI=1S/C64H44F2N5O.Pt/c1-64(2,3)43-30-31-67-62(34-43)71-58-25-12-9-20-54(58)55-29-28-48(39-61(55)71)72-49-37-46(36-47(38-49)70-56-23-10-7-18-52(56)53-19-8-11-24-57(53)70)68-40-69(60-27-14-13-26-59(60)68)63-50(41-16-5-4-6-17-41)21-15-22-51(63)42-32-44(65)35-45(66)33-42;/h4-36,38,40H,1-3H3;/q-3;. The Morgan fingerprint density at radius 1 is 0.507 bits per heavy atom. The summed E-state index contributed by atoms with van der Waals surface area (Å²) in [6, 6.07) is 72.9. The van der Waals surface area contributed by atoms with Gasteiger partial charge < -0.3 is 23.7 Å². The average molecular weight is 1130 g/mol. The van der Waals surface area contributed by atoms with Crippen LogP contribution in [0.2, 0.25) is 0 Å². The van der Waals surface area contributed by atoms with Crippen LogP contribution in [0.1, 0.15) is 26.3 Å². The molecule has 358 valence electrons. The van der Waals surface area contributed by atoms with Gasteiger partial charge in [-0.3, -0.25) is 0 Å². The number of ether oxygens (including phenoxy) is 1. The fourth-order valence-corrected chi connectivity index (χ4v) is 10.4. The Labute approximate surface area is 436 Å². The second-order valence-electron chi connectivity index (χ2n) is 19.2. The zero-order valence-corrected chi connectivity index (χ0v) is 42.2. The molecule has 0 unspecified atom stereocenters. The van der Waals surface area contributed by atoms with E-state index < -0.39 is 11.6 Å². The van der Waals surface area contributed by atoms with Gasteiger partial charge in [-0.15, -0.1) is 42.4 Å². The van der Waals surface area contributed by atoms with Crippen LogP contribution in [0.3, 0.4) is 0 Å². The number of benzene rings is 9. The van der Waals surface area contributed by atoms with Crippen molar-refractivity contribution >= 4 is 66.4 Å². The summed E-state index contributed by atoms with van der Waals surface area (Å²) in [6.07, 6.45) is 1.88. The van der Waals surface area contributed by atoms with E-state index in [2.05, 4.69) is 173 Å². The summed E-state index contributed by atoms with van der Waals surface area (Å²) >= 11 is 0. The van der Waals surface area contributed by atoms with Crippen molar-refractivity contribution in [1.29, 1.82) is 0 Å². The van der Waals surface area contributed by atoms with Crippen molar-refractivity contribution in [1.82, 2.24) is 14.1 Å². The van der Waals surface area contributed by atoms with E-state index in [-0.39, 0.29) is 26.5 Å². The van der Waals surface area contributed by atoms with Crippen molar-refractivity contribution < 1.29 is 34.6 Å². The Morgan fingerprint density at radius 2 is 1.10 bits per heavy atom. The van der Waals surface area contributed by atoms with Crippen LogP contribution < -0.4 is 14.5 Å². The number of rotatable bonds is 8. The summed E-state index contributed by atoms with van der Waals surface area (Å²) in [5.74, 6) is 0.483. The largest absolute Gasteiger partial charge is 0.509 e. The fourth-order valence-electron chi connectivity index (χ4n) is 10.4. The Hall–Kier alpha value is -8.32. The van der Waals surface area contributed by atoms with Crippen LogP contribution in [0.5, 0.6) is 11.5 Å². The summed E-state index contributed by atoms with van der Waals surface area (Å²) in [4.78, 5) is 9.12. The maximum atomic E-state index is 15.1. The van der Waals surface area contributed by atoms with E-state index in [1.54, 1.807) is 0 Å². The van der Waals surface area contributed by atoms with Gasteiger partial charge in [0, 0.05) is 89.3 Å². The first-order valence-electron chi connectivity index (χ1n) is 24.0. The maximum absolute atomic E-state index is 15.1. The summed E-state index contributed by atoms with van der Waals surface area (Å²) in [5, 5.41) is 4.38. The van der Waals surface area contributed by atoms with Crippen LogP contribution in [0.4, 0.5) is 31.5 Å². The van der Waals surface area contributed by atoms with Crippen LogP contribution in [0.25, 0.3) is 77.4 Å². The van der Waals surface area contributed by atoms with Gasteiger partial charge in [-0.1, -0.05) is 153 Å². The molecule has 12 aromatic rings. The van der Waals surface area contributed by atoms with Gasteiger partial charge in [0.05, 0.1) is 11.0 Å². The SMILES string of the molecule is CC(C)(C)c1ccnc(-n2c3[c-]c(Oc4[c-]c(N5[CH-]N(c6c(-c7ccccc7)cccc6-c6cc(F)cc(F)c6)c6ccccc65)cc(-n5c6ccccc6c6ccccc65)c4)ccc3c3ccccc32)c1.[Pt]. The third-order valence-electron chi connectivity index (χ3n) is 13.7. The first-order chi connectivity index (χ1) is 35.1. The topological polar surface area (TPSA) is 38.5 Å². The second kappa shape index (κ2) is 18.1. The first-order valence-corrected chi connectivity index (χ1v) is 24.0. The minimum Gasteiger partial charge on any atom is -0.509 e. The number of fused-ring (bicyclic) bond motifs is 7. The monoisotopic (exact) mass is 1130 g/mol. The predicted molar refractivity (Wildman–Crippen MR) is 288 cm³/mol. The molecule has 0 aliphatic carbocycles. The van der Waals surface area contributed by atoms with Crippen molar-refractivity contribution in [3.05, 3.63) is 242 Å². The molecule has 0 fully saturated rings. The smallest absolute Gasteiger partial charge is 0.135 e. The molecule has 0 atom stereocenters. The number of anilines is 4. The predicted octanol–water partition coefficient (Wildman–Crippen LogP) is 17.0. The number of hydrogen-bond donors (Lipinski definition) is 0. The van der Waals surface area contributed by atoms with Crippen molar-refractivity contribution in [2.75, 3.05) is 9.80 Å². The third-order valence-corrected chi connectivity index (χ3v) is 13.7. The molecule has 1 aliphatic heterocycles. The van der Waals surface area contributed by atoms with Gasteiger partial charge in [-0.05, 0) is 82.1 Å². The number of hydrogen-bond acceptors (Lipinski definition) is 4. The summed E-state index contributed by atoms with van der Waals surface area (Å²) in [7, 11) is 0. The molecule has 3 aromatic heterocycles. The normalized spacial score (nSPS) is 12.5. The summed E-state index contributed by atoms with van der Waals surface area (Å²) in [5.41, 5.74) is 12.0. The van der Waals surface area contributed by atoms with Crippen molar-refractivity contribution in [2.45, 2.75) is 26.2 Å². The van der Waals surface area contributed by atoms with E-state index in [1.807, 2.05) is 73.5 Å². The Kier molecular flexibility index (Phi) is 11.3. The Balaban J connectivity index is 0.00000543. The van der Waals surface area contributed by atoms with Crippen molar-refractivity contribution in [3.8, 4) is 45.3 Å². The van der Waals surface area contributed by atoms with Crippen molar-refractivity contribution in [2.24, 2.45) is 0 Å². The van der Waals surface area contributed by atoms with Crippen LogP contribution in [0.15, 0.2) is 206 Å². The van der Waals surface area contributed by atoms with Gasteiger partial charge >= 0.3 is 0 Å². The van der Waals surface area contributed by atoms with Gasteiger partial charge in [-0.25, -0.2) is 13.8 Å². The van der Waals surface area contributed by atoms with E-state index in [0.29, 0.717) is 28.3 Å². The molecule has 9 heteroatoms. The molecule has 0 N–H and O–H groups in total. The molecule has 0 amide bonds. The van der Waals surface area contributed by atoms with E-state index in [0.717, 1.165) is 89.4 Å². The summed E-state index contributed by atoms with van der Waals surface area (Å²) in [6.45, 7) is 8.66. The molecule has 1 aliphatic rings. The minimum absolute atomic E-state index is 0. The molecule has 73 heavy (non-hydrogen) atoms. The van der Waals surface area contributed by atoms with Crippen molar-refractivity contribution in [3.63, 3.8) is 0 Å². The molecule has 4 heterocycles. The summed E-state index contributed by atoms with van der Waals surface area (Å²) < 4.78 is 41.6. The number of pyridine rings is 1. The van der Waals surface area contributed by atoms with Gasteiger partial charge in [0.1, 0.15) is 17.5 Å². The van der Waals surface area contributed by atoms with Gasteiger partial charge in [0.25, 0.3) is 0 Å². The van der Waals surface area contributed by atoms with Gasteiger partial charge in [-0.2, -0.15) is 6.07 Å². The van der Waals surface area contributed by atoms with E-state index in [1.165, 1.54) is 17.7 Å². The van der Waals surface area contributed by atoms with E-state index >= 15 is 8.78 Å².